The minimum atomic E-state index is 0.634. The summed E-state index contributed by atoms with van der Waals surface area (Å²) in [5, 5.41) is 3.63. The third-order valence-electron chi connectivity index (χ3n) is 3.36. The lowest BCUT2D eigenvalue weighted by atomic mass is 9.79. The van der Waals surface area contributed by atoms with Gasteiger partial charge in [0.1, 0.15) is 0 Å². The van der Waals surface area contributed by atoms with E-state index in [1.165, 1.54) is 25.7 Å². The smallest absolute Gasteiger partial charge is 0.00693 e. The first-order valence-electron chi connectivity index (χ1n) is 5.85. The second-order valence-corrected chi connectivity index (χ2v) is 5.13. The maximum Gasteiger partial charge on any atom is 0.00693 e. The van der Waals surface area contributed by atoms with E-state index in [1.807, 2.05) is 0 Å². The molecule has 0 heterocycles. The highest BCUT2D eigenvalue weighted by atomic mass is 14.9. The normalized spacial score (nSPS) is 32.1. The molecular weight excluding hydrogens is 158 g/mol. The highest BCUT2D eigenvalue weighted by Gasteiger charge is 2.23. The Hall–Kier alpha value is -0.0400. The average Bonchev–Trinajstić information content (AvgIpc) is 2.04. The van der Waals surface area contributed by atoms with Crippen LogP contribution in [0.2, 0.25) is 0 Å². The van der Waals surface area contributed by atoms with Gasteiger partial charge in [0.2, 0.25) is 0 Å². The number of hydrogen-bond acceptors (Lipinski definition) is 1. The Morgan fingerprint density at radius 3 is 2.00 bits per heavy atom. The summed E-state index contributed by atoms with van der Waals surface area (Å²) < 4.78 is 0. The highest BCUT2D eigenvalue weighted by molar-refractivity contribution is 4.78. The van der Waals surface area contributed by atoms with E-state index in [9.17, 15) is 0 Å². The molecule has 1 aliphatic carbocycles. The van der Waals surface area contributed by atoms with Crippen LogP contribution in [-0.2, 0) is 0 Å². The molecule has 0 aromatic carbocycles. The van der Waals surface area contributed by atoms with Gasteiger partial charge in [0.05, 0.1) is 0 Å². The van der Waals surface area contributed by atoms with Crippen LogP contribution >= 0.6 is 0 Å². The Bertz CT molecular complexity index is 134. The van der Waals surface area contributed by atoms with Crippen LogP contribution in [0, 0.1) is 11.8 Å². The minimum Gasteiger partial charge on any atom is -0.312 e. The van der Waals surface area contributed by atoms with Gasteiger partial charge in [-0.05, 0) is 31.6 Å². The molecule has 1 aliphatic rings. The molecule has 1 nitrogen and oxygen atoms in total. The fraction of sp³-hybridized carbons (Fsp3) is 1.00. The van der Waals surface area contributed by atoms with Crippen LogP contribution in [0.25, 0.3) is 0 Å². The Morgan fingerprint density at radius 1 is 1.00 bits per heavy atom. The van der Waals surface area contributed by atoms with Gasteiger partial charge in [-0.25, -0.2) is 0 Å². The molecule has 0 spiro atoms. The first kappa shape index (κ1) is 11.0. The van der Waals surface area contributed by atoms with Crippen LogP contribution in [0.5, 0.6) is 0 Å². The molecule has 1 N–H and O–H groups in total. The molecule has 0 radical (unpaired) electrons. The lowest BCUT2D eigenvalue weighted by molar-refractivity contribution is 0.232. The van der Waals surface area contributed by atoms with Crippen LogP contribution in [0.1, 0.15) is 53.4 Å². The van der Waals surface area contributed by atoms with E-state index in [4.69, 9.17) is 0 Å². The Balaban J connectivity index is 2.27. The monoisotopic (exact) mass is 183 g/mol. The van der Waals surface area contributed by atoms with Gasteiger partial charge in [0, 0.05) is 12.1 Å². The van der Waals surface area contributed by atoms with Crippen LogP contribution < -0.4 is 5.32 Å². The Labute approximate surface area is 83.3 Å². The standard InChI is InChI=1S/C12H25N/c1-9(2)13-11(4)12-7-5-10(3)6-8-12/h9-13H,5-8H2,1-4H3/t10-,11-,12+/m1/s1. The summed E-state index contributed by atoms with van der Waals surface area (Å²) in [4.78, 5) is 0. The zero-order valence-corrected chi connectivity index (χ0v) is 9.64. The van der Waals surface area contributed by atoms with Gasteiger partial charge in [0.15, 0.2) is 0 Å². The molecule has 0 aromatic rings. The summed E-state index contributed by atoms with van der Waals surface area (Å²) in [7, 11) is 0. The first-order valence-corrected chi connectivity index (χ1v) is 5.85. The summed E-state index contributed by atoms with van der Waals surface area (Å²) in [5.74, 6) is 1.90. The molecule has 0 aromatic heterocycles. The van der Waals surface area contributed by atoms with Crippen LogP contribution in [0.15, 0.2) is 0 Å². The van der Waals surface area contributed by atoms with Crippen LogP contribution in [0.3, 0.4) is 0 Å². The molecule has 1 rings (SSSR count). The van der Waals surface area contributed by atoms with Crippen LogP contribution in [0.4, 0.5) is 0 Å². The number of nitrogens with one attached hydrogen (secondary N) is 1. The second-order valence-electron chi connectivity index (χ2n) is 5.13. The van der Waals surface area contributed by atoms with Crippen molar-refractivity contribution in [2.45, 2.75) is 65.5 Å². The molecule has 1 atom stereocenters. The van der Waals surface area contributed by atoms with Crippen molar-refractivity contribution in [1.29, 1.82) is 0 Å². The molecule has 13 heavy (non-hydrogen) atoms. The zero-order chi connectivity index (χ0) is 9.84. The molecule has 0 aliphatic heterocycles. The zero-order valence-electron chi connectivity index (χ0n) is 9.64. The average molecular weight is 183 g/mol. The van der Waals surface area contributed by atoms with Crippen molar-refractivity contribution in [3.05, 3.63) is 0 Å². The predicted octanol–water partition coefficient (Wildman–Crippen LogP) is 3.20. The summed E-state index contributed by atoms with van der Waals surface area (Å²) in [6.45, 7) is 9.21. The lowest BCUT2D eigenvalue weighted by Crippen LogP contribution is -2.39. The Kier molecular flexibility index (Phi) is 4.24. The molecule has 0 saturated heterocycles. The fourth-order valence-corrected chi connectivity index (χ4v) is 2.45. The van der Waals surface area contributed by atoms with E-state index in [2.05, 4.69) is 33.0 Å². The Morgan fingerprint density at radius 2 is 1.54 bits per heavy atom. The van der Waals surface area contributed by atoms with Gasteiger partial charge in [0.25, 0.3) is 0 Å². The predicted molar refractivity (Wildman–Crippen MR) is 58.9 cm³/mol. The minimum absolute atomic E-state index is 0.634. The number of rotatable bonds is 3. The summed E-state index contributed by atoms with van der Waals surface area (Å²) in [6.07, 6.45) is 5.74. The van der Waals surface area contributed by atoms with Gasteiger partial charge in [-0.2, -0.15) is 0 Å². The van der Waals surface area contributed by atoms with Gasteiger partial charge in [-0.1, -0.05) is 33.6 Å². The van der Waals surface area contributed by atoms with Crippen molar-refractivity contribution in [2.24, 2.45) is 11.8 Å². The van der Waals surface area contributed by atoms with Gasteiger partial charge < -0.3 is 5.32 Å². The van der Waals surface area contributed by atoms with Crippen LogP contribution in [-0.4, -0.2) is 12.1 Å². The third kappa shape index (κ3) is 3.68. The molecule has 1 saturated carbocycles. The van der Waals surface area contributed by atoms with E-state index in [0.717, 1.165) is 11.8 Å². The topological polar surface area (TPSA) is 12.0 Å². The molecule has 1 fully saturated rings. The number of hydrogen-bond donors (Lipinski definition) is 1. The molecule has 1 heteroatoms. The third-order valence-corrected chi connectivity index (χ3v) is 3.36. The van der Waals surface area contributed by atoms with E-state index >= 15 is 0 Å². The fourth-order valence-electron chi connectivity index (χ4n) is 2.45. The van der Waals surface area contributed by atoms with Crippen molar-refractivity contribution in [2.75, 3.05) is 0 Å². The summed E-state index contributed by atoms with van der Waals surface area (Å²) in [6, 6.07) is 1.35. The van der Waals surface area contributed by atoms with Crippen molar-refractivity contribution in [3.63, 3.8) is 0 Å². The van der Waals surface area contributed by atoms with E-state index < -0.39 is 0 Å². The van der Waals surface area contributed by atoms with Crippen molar-refractivity contribution in [1.82, 2.24) is 5.32 Å². The summed E-state index contributed by atoms with van der Waals surface area (Å²) in [5.41, 5.74) is 0. The molecule has 0 amide bonds. The van der Waals surface area contributed by atoms with Crippen molar-refractivity contribution < 1.29 is 0 Å². The molecule has 0 bridgehead atoms. The highest BCUT2D eigenvalue weighted by Crippen LogP contribution is 2.30. The van der Waals surface area contributed by atoms with E-state index in [1.54, 1.807) is 0 Å². The largest absolute Gasteiger partial charge is 0.312 e. The quantitative estimate of drug-likeness (QED) is 0.708. The maximum atomic E-state index is 3.63. The molecule has 78 valence electrons. The van der Waals surface area contributed by atoms with E-state index in [0.29, 0.717) is 12.1 Å². The van der Waals surface area contributed by atoms with Crippen molar-refractivity contribution >= 4 is 0 Å². The van der Waals surface area contributed by atoms with Gasteiger partial charge in [-0.15, -0.1) is 0 Å². The lowest BCUT2D eigenvalue weighted by Gasteiger charge is -2.32. The summed E-state index contributed by atoms with van der Waals surface area (Å²) >= 11 is 0. The van der Waals surface area contributed by atoms with E-state index in [-0.39, 0.29) is 0 Å². The van der Waals surface area contributed by atoms with Crippen molar-refractivity contribution in [3.8, 4) is 0 Å². The molecule has 0 unspecified atom stereocenters. The van der Waals surface area contributed by atoms with Gasteiger partial charge in [-0.3, -0.25) is 0 Å². The first-order chi connectivity index (χ1) is 6.09. The SMILES string of the molecule is CC(C)N[C@H](C)[C@H]1CC[C@@H](C)CC1. The second kappa shape index (κ2) is 4.99. The maximum absolute atomic E-state index is 3.63. The van der Waals surface area contributed by atoms with Gasteiger partial charge >= 0.3 is 0 Å². The molecular formula is C12H25N.